The molecule has 1 aliphatic rings. The maximum absolute atomic E-state index is 15.9. The van der Waals surface area contributed by atoms with E-state index in [1.54, 1.807) is 18.2 Å². The maximum Gasteiger partial charge on any atom is 0.246 e. The molecule has 3 aromatic rings. The molecule has 1 amide bonds. The van der Waals surface area contributed by atoms with Gasteiger partial charge in [-0.3, -0.25) is 4.79 Å². The highest BCUT2D eigenvalue weighted by Gasteiger charge is 2.27. The van der Waals surface area contributed by atoms with Gasteiger partial charge in [-0.05, 0) is 37.6 Å². The first-order valence-electron chi connectivity index (χ1n) is 10.9. The summed E-state index contributed by atoms with van der Waals surface area (Å²) in [5.74, 6) is -1.84. The number of piperazine rings is 1. The van der Waals surface area contributed by atoms with Crippen molar-refractivity contribution in [1.29, 1.82) is 0 Å². The number of aromatic nitrogens is 2. The van der Waals surface area contributed by atoms with Crippen LogP contribution in [0.3, 0.4) is 0 Å². The molecule has 0 spiro atoms. The summed E-state index contributed by atoms with van der Waals surface area (Å²) in [4.78, 5) is 24.4. The van der Waals surface area contributed by atoms with Crippen molar-refractivity contribution in [1.82, 2.24) is 14.9 Å². The Labute approximate surface area is 206 Å². The number of aromatic hydroxyl groups is 1. The van der Waals surface area contributed by atoms with Crippen LogP contribution < -0.4 is 4.90 Å². The van der Waals surface area contributed by atoms with Gasteiger partial charge < -0.3 is 19.5 Å². The molecule has 0 bridgehead atoms. The lowest BCUT2D eigenvalue weighted by Crippen LogP contribution is -2.48. The molecule has 1 aromatic heterocycles. The van der Waals surface area contributed by atoms with E-state index in [1.165, 1.54) is 24.3 Å². The number of phenols is 1. The molecule has 7 nitrogen and oxygen atoms in total. The van der Waals surface area contributed by atoms with Crippen LogP contribution in [-0.4, -0.2) is 65.4 Å². The molecule has 0 radical (unpaired) electrons. The van der Waals surface area contributed by atoms with Gasteiger partial charge in [0.2, 0.25) is 5.91 Å². The lowest BCUT2D eigenvalue weighted by molar-refractivity contribution is -0.126. The van der Waals surface area contributed by atoms with Crippen LogP contribution in [0, 0.1) is 11.6 Å². The topological polar surface area (TPSA) is 86.6 Å². The number of benzene rings is 2. The molecule has 0 aliphatic carbocycles. The largest absolute Gasteiger partial charge is 0.507 e. The van der Waals surface area contributed by atoms with E-state index in [-0.39, 0.29) is 39.6 Å². The van der Waals surface area contributed by atoms with Crippen molar-refractivity contribution in [2.45, 2.75) is 6.16 Å². The van der Waals surface area contributed by atoms with Crippen LogP contribution in [0.2, 0.25) is 5.02 Å². The fourth-order valence-corrected chi connectivity index (χ4v) is 5.24. The van der Waals surface area contributed by atoms with Crippen molar-refractivity contribution in [2.24, 2.45) is 0 Å². The van der Waals surface area contributed by atoms with E-state index >= 15 is 4.39 Å². The number of hydrogen-bond acceptors (Lipinski definition) is 6. The number of carbonyl (C=O) groups excluding carboxylic acids is 1. The van der Waals surface area contributed by atoms with Gasteiger partial charge in [-0.15, -0.1) is 0 Å². The van der Waals surface area contributed by atoms with Crippen LogP contribution in [0.5, 0.6) is 5.75 Å². The van der Waals surface area contributed by atoms with Crippen LogP contribution in [0.15, 0.2) is 36.9 Å². The smallest absolute Gasteiger partial charge is 0.246 e. The molecule has 184 valence electrons. The Morgan fingerprint density at radius 1 is 1.20 bits per heavy atom. The van der Waals surface area contributed by atoms with E-state index in [0.717, 1.165) is 6.07 Å². The third-order valence-electron chi connectivity index (χ3n) is 5.74. The predicted molar refractivity (Wildman–Crippen MR) is 134 cm³/mol. The first-order valence-corrected chi connectivity index (χ1v) is 14.0. The number of amides is 1. The molecule has 1 N–H and O–H groups in total. The Morgan fingerprint density at radius 2 is 1.89 bits per heavy atom. The third-order valence-corrected chi connectivity index (χ3v) is 7.08. The normalized spacial score (nSPS) is 14.4. The van der Waals surface area contributed by atoms with Crippen molar-refractivity contribution in [3.8, 4) is 16.9 Å². The van der Waals surface area contributed by atoms with E-state index < -0.39 is 24.5 Å². The Bertz CT molecular complexity index is 1370. The fraction of sp³-hybridized carbons (Fsp3) is 0.292. The van der Waals surface area contributed by atoms with Crippen LogP contribution in [-0.2, 0) is 15.5 Å². The number of hydrogen-bond donors (Lipinski definition) is 1. The summed E-state index contributed by atoms with van der Waals surface area (Å²) in [6.07, 6.45) is 1.29. The maximum atomic E-state index is 15.9. The van der Waals surface area contributed by atoms with E-state index in [9.17, 15) is 18.9 Å². The summed E-state index contributed by atoms with van der Waals surface area (Å²) in [6.45, 7) is 8.32. The summed E-state index contributed by atoms with van der Waals surface area (Å²) < 4.78 is 43.1. The van der Waals surface area contributed by atoms with Gasteiger partial charge in [0, 0.05) is 37.1 Å². The number of halogens is 3. The summed E-state index contributed by atoms with van der Waals surface area (Å²) >= 11 is 6.43. The number of carbonyl (C=O) groups is 1. The minimum atomic E-state index is -2.62. The van der Waals surface area contributed by atoms with Gasteiger partial charge in [0.05, 0.1) is 23.9 Å². The van der Waals surface area contributed by atoms with Crippen LogP contribution in [0.1, 0.15) is 5.82 Å². The zero-order valence-electron chi connectivity index (χ0n) is 19.3. The molecular weight excluding hydrogens is 497 g/mol. The van der Waals surface area contributed by atoms with Crippen molar-refractivity contribution in [2.75, 3.05) is 44.4 Å². The molecule has 11 heteroatoms. The molecule has 0 saturated carbocycles. The summed E-state index contributed by atoms with van der Waals surface area (Å²) in [5.41, 5.74) is -0.806. The molecule has 35 heavy (non-hydrogen) atoms. The van der Waals surface area contributed by atoms with Crippen LogP contribution >= 0.6 is 18.7 Å². The summed E-state index contributed by atoms with van der Waals surface area (Å²) in [7, 11) is -2.62. The summed E-state index contributed by atoms with van der Waals surface area (Å²) in [5, 5.41) is 10.4. The zero-order valence-corrected chi connectivity index (χ0v) is 20.9. The Balaban J connectivity index is 1.91. The van der Waals surface area contributed by atoms with E-state index in [2.05, 4.69) is 16.5 Å². The average molecular weight is 521 g/mol. The molecule has 4 rings (SSSR count). The second kappa shape index (κ2) is 9.55. The first-order chi connectivity index (χ1) is 16.5. The second-order valence-corrected chi connectivity index (χ2v) is 12.7. The van der Waals surface area contributed by atoms with Gasteiger partial charge in [0.1, 0.15) is 28.7 Å². The monoisotopic (exact) mass is 520 g/mol. The molecular formula is C24H24ClF2N4O3P. The van der Waals surface area contributed by atoms with Gasteiger partial charge in [-0.2, -0.15) is 0 Å². The van der Waals surface area contributed by atoms with E-state index in [4.69, 9.17) is 11.6 Å². The minimum Gasteiger partial charge on any atom is -0.507 e. The van der Waals surface area contributed by atoms with Gasteiger partial charge in [-0.25, -0.2) is 18.7 Å². The minimum absolute atomic E-state index is 0.0349. The molecule has 2 aromatic carbocycles. The molecule has 1 aliphatic heterocycles. The van der Waals surface area contributed by atoms with E-state index in [1.807, 2.05) is 4.90 Å². The highest BCUT2D eigenvalue weighted by molar-refractivity contribution is 7.61. The molecule has 0 unspecified atom stereocenters. The summed E-state index contributed by atoms with van der Waals surface area (Å²) in [6, 6.07) is 5.08. The SMILES string of the molecule is C=CC(=O)N1CCN(c2nc(CP(C)(C)=O)nc3c(F)c(-c4c(O)cccc4F)c(Cl)cc23)CC1. The van der Waals surface area contributed by atoms with Gasteiger partial charge in [-0.1, -0.05) is 24.2 Å². The van der Waals surface area contributed by atoms with Gasteiger partial charge in [0.15, 0.2) is 5.82 Å². The lowest BCUT2D eigenvalue weighted by atomic mass is 10.0. The Hall–Kier alpha value is -3.03. The number of anilines is 1. The fourth-order valence-electron chi connectivity index (χ4n) is 4.13. The van der Waals surface area contributed by atoms with Gasteiger partial charge in [0.25, 0.3) is 0 Å². The lowest BCUT2D eigenvalue weighted by Gasteiger charge is -2.35. The number of fused-ring (bicyclic) bond motifs is 1. The highest BCUT2D eigenvalue weighted by atomic mass is 35.5. The van der Waals surface area contributed by atoms with Crippen molar-refractivity contribution in [3.63, 3.8) is 0 Å². The molecule has 1 saturated heterocycles. The quantitative estimate of drug-likeness (QED) is 0.381. The van der Waals surface area contributed by atoms with Crippen molar-refractivity contribution < 1.29 is 23.2 Å². The Morgan fingerprint density at radius 3 is 2.49 bits per heavy atom. The van der Waals surface area contributed by atoms with Crippen molar-refractivity contribution in [3.05, 3.63) is 59.4 Å². The van der Waals surface area contributed by atoms with Crippen molar-refractivity contribution >= 4 is 41.4 Å². The molecule has 1 fully saturated rings. The molecule has 2 heterocycles. The highest BCUT2D eigenvalue weighted by Crippen LogP contribution is 2.44. The average Bonchev–Trinajstić information content (AvgIpc) is 2.79. The first kappa shape index (κ1) is 25.1. The standard InChI is InChI=1S/C24H24ClF2N4O3P/c1-4-19(33)30-8-10-31(11-9-30)24-14-12-15(25)20(21-16(26)6-5-7-17(21)32)22(27)23(14)28-18(29-24)13-35(2,3)34/h4-7,12,32H,1,8-11,13H2,2-3H3. The van der Waals surface area contributed by atoms with E-state index in [0.29, 0.717) is 37.4 Å². The predicted octanol–water partition coefficient (Wildman–Crippen LogP) is 4.89. The number of nitrogens with zero attached hydrogens (tertiary/aromatic N) is 4. The van der Waals surface area contributed by atoms with Crippen LogP contribution in [0.4, 0.5) is 14.6 Å². The second-order valence-electron chi connectivity index (χ2n) is 8.79. The number of rotatable bonds is 5. The third kappa shape index (κ3) is 5.02. The molecule has 0 atom stereocenters. The zero-order chi connectivity index (χ0) is 25.5. The Kier molecular flexibility index (Phi) is 6.84. The van der Waals surface area contributed by atoms with Gasteiger partial charge >= 0.3 is 0 Å². The number of phenolic OH excluding ortho intramolecular Hbond substituents is 1. The van der Waals surface area contributed by atoms with Crippen LogP contribution in [0.25, 0.3) is 22.0 Å².